The fourth-order valence-corrected chi connectivity index (χ4v) is 2.33. The van der Waals surface area contributed by atoms with E-state index < -0.39 is 0 Å². The van der Waals surface area contributed by atoms with Crippen molar-refractivity contribution in [1.29, 1.82) is 0 Å². The predicted octanol–water partition coefficient (Wildman–Crippen LogP) is 2.82. The fourth-order valence-electron chi connectivity index (χ4n) is 1.06. The van der Waals surface area contributed by atoms with Crippen molar-refractivity contribution in [3.63, 3.8) is 0 Å². The van der Waals surface area contributed by atoms with E-state index in [-0.39, 0.29) is 0 Å². The molecule has 0 N–H and O–H groups in total. The number of nitrogens with zero attached hydrogens (tertiary/aromatic N) is 3. The third kappa shape index (κ3) is 1.93. The van der Waals surface area contributed by atoms with Gasteiger partial charge in [0.15, 0.2) is 8.02 Å². The lowest BCUT2D eigenvalue weighted by molar-refractivity contribution is 1.06. The van der Waals surface area contributed by atoms with E-state index in [0.717, 1.165) is 19.4 Å². The zero-order chi connectivity index (χ0) is 10.1. The predicted molar refractivity (Wildman–Crippen MR) is 65.3 cm³/mol. The molecule has 3 nitrogen and oxygen atoms in total. The Morgan fingerprint density at radius 3 is 2.57 bits per heavy atom. The fraction of sp³-hybridized carbons (Fsp3) is 0.222. The standard InChI is InChI=1S/C9H8IN3S/c1-5-3-4-7(11-6(5)2)8-12-13-9(10)14-8/h3-4H,1-2H3. The van der Waals surface area contributed by atoms with Crippen molar-refractivity contribution in [2.24, 2.45) is 0 Å². The second-order valence-corrected chi connectivity index (χ2v) is 5.69. The largest absolute Gasteiger partial charge is 0.250 e. The number of aromatic nitrogens is 3. The van der Waals surface area contributed by atoms with Gasteiger partial charge in [-0.2, -0.15) is 0 Å². The summed E-state index contributed by atoms with van der Waals surface area (Å²) in [7, 11) is 0. The highest BCUT2D eigenvalue weighted by atomic mass is 127. The normalized spacial score (nSPS) is 10.5. The second kappa shape index (κ2) is 3.90. The molecular formula is C9H8IN3S. The second-order valence-electron chi connectivity index (χ2n) is 2.96. The minimum atomic E-state index is 0.887. The highest BCUT2D eigenvalue weighted by molar-refractivity contribution is 14.1. The third-order valence-electron chi connectivity index (χ3n) is 1.97. The van der Waals surface area contributed by atoms with Crippen molar-refractivity contribution < 1.29 is 0 Å². The van der Waals surface area contributed by atoms with Crippen LogP contribution in [-0.2, 0) is 0 Å². The van der Waals surface area contributed by atoms with Gasteiger partial charge in [0.2, 0.25) is 0 Å². The molecule has 2 rings (SSSR count). The lowest BCUT2D eigenvalue weighted by Crippen LogP contribution is -1.89. The van der Waals surface area contributed by atoms with Crippen LogP contribution >= 0.6 is 33.9 Å². The average Bonchev–Trinajstić information content (AvgIpc) is 2.57. The molecule has 2 aromatic heterocycles. The van der Waals surface area contributed by atoms with E-state index in [0.29, 0.717) is 0 Å². The van der Waals surface area contributed by atoms with Gasteiger partial charge in [-0.3, -0.25) is 4.98 Å². The van der Waals surface area contributed by atoms with E-state index in [1.807, 2.05) is 13.0 Å². The number of rotatable bonds is 1. The smallest absolute Gasteiger partial charge is 0.178 e. The molecule has 0 atom stereocenters. The van der Waals surface area contributed by atoms with Crippen LogP contribution in [0.2, 0.25) is 0 Å². The molecule has 0 aromatic carbocycles. The molecule has 72 valence electrons. The first kappa shape index (κ1) is 9.97. The Labute approximate surface area is 99.7 Å². The van der Waals surface area contributed by atoms with Crippen molar-refractivity contribution in [3.8, 4) is 10.7 Å². The Hall–Kier alpha value is -0.560. The zero-order valence-electron chi connectivity index (χ0n) is 7.78. The van der Waals surface area contributed by atoms with Gasteiger partial charge in [-0.15, -0.1) is 10.2 Å². The van der Waals surface area contributed by atoms with E-state index in [9.17, 15) is 0 Å². The summed E-state index contributed by atoms with van der Waals surface area (Å²) in [5.74, 6) is 0. The number of hydrogen-bond donors (Lipinski definition) is 0. The van der Waals surface area contributed by atoms with Crippen LogP contribution in [0.15, 0.2) is 12.1 Å². The van der Waals surface area contributed by atoms with Gasteiger partial charge < -0.3 is 0 Å². The summed E-state index contributed by atoms with van der Waals surface area (Å²) in [6.45, 7) is 4.06. The molecule has 0 amide bonds. The van der Waals surface area contributed by atoms with Crippen molar-refractivity contribution in [1.82, 2.24) is 15.2 Å². The molecule has 2 aromatic rings. The number of aryl methyl sites for hydroxylation is 2. The maximum atomic E-state index is 4.46. The molecule has 0 fully saturated rings. The Bertz CT molecular complexity index is 467. The molecule has 5 heteroatoms. The van der Waals surface area contributed by atoms with Crippen LogP contribution in [0.1, 0.15) is 11.3 Å². The molecule has 14 heavy (non-hydrogen) atoms. The Balaban J connectivity index is 2.47. The summed E-state index contributed by atoms with van der Waals surface area (Å²) in [6.07, 6.45) is 0. The highest BCUT2D eigenvalue weighted by Gasteiger charge is 2.06. The van der Waals surface area contributed by atoms with Crippen LogP contribution in [0.5, 0.6) is 0 Å². The van der Waals surface area contributed by atoms with Gasteiger partial charge >= 0.3 is 0 Å². The molecule has 0 radical (unpaired) electrons. The molecule has 0 unspecified atom stereocenters. The quantitative estimate of drug-likeness (QED) is 0.759. The van der Waals surface area contributed by atoms with Gasteiger partial charge in [0.05, 0.1) is 0 Å². The van der Waals surface area contributed by atoms with Gasteiger partial charge in [0.25, 0.3) is 0 Å². The van der Waals surface area contributed by atoms with Crippen LogP contribution in [0, 0.1) is 16.9 Å². The van der Waals surface area contributed by atoms with Gasteiger partial charge in [-0.05, 0) is 48.1 Å². The summed E-state index contributed by atoms with van der Waals surface area (Å²) < 4.78 is 0.942. The SMILES string of the molecule is Cc1ccc(-c2nnc(I)s2)nc1C. The first-order valence-corrected chi connectivity index (χ1v) is 6.00. The minimum absolute atomic E-state index is 0.887. The summed E-state index contributed by atoms with van der Waals surface area (Å²) >= 11 is 3.72. The summed E-state index contributed by atoms with van der Waals surface area (Å²) in [5.41, 5.74) is 3.16. The monoisotopic (exact) mass is 317 g/mol. The molecule has 0 aliphatic rings. The molecule has 0 bridgehead atoms. The maximum Gasteiger partial charge on any atom is 0.178 e. The number of hydrogen-bond acceptors (Lipinski definition) is 4. The van der Waals surface area contributed by atoms with Crippen molar-refractivity contribution in [2.75, 3.05) is 0 Å². The lowest BCUT2D eigenvalue weighted by atomic mass is 10.2. The average molecular weight is 317 g/mol. The van der Waals surface area contributed by atoms with Crippen LogP contribution in [0.4, 0.5) is 0 Å². The van der Waals surface area contributed by atoms with E-state index in [2.05, 4.69) is 50.8 Å². The molecular weight excluding hydrogens is 309 g/mol. The first-order valence-electron chi connectivity index (χ1n) is 4.10. The maximum absolute atomic E-state index is 4.46. The van der Waals surface area contributed by atoms with Crippen LogP contribution in [0.25, 0.3) is 10.7 Å². The van der Waals surface area contributed by atoms with Crippen LogP contribution < -0.4 is 0 Å². The van der Waals surface area contributed by atoms with Gasteiger partial charge in [0, 0.05) is 5.69 Å². The first-order chi connectivity index (χ1) is 6.66. The van der Waals surface area contributed by atoms with E-state index in [1.54, 1.807) is 11.3 Å². The highest BCUT2D eigenvalue weighted by Crippen LogP contribution is 2.23. The Morgan fingerprint density at radius 2 is 2.00 bits per heavy atom. The van der Waals surface area contributed by atoms with Gasteiger partial charge in [-0.1, -0.05) is 17.4 Å². The summed E-state index contributed by atoms with van der Waals surface area (Å²) in [5, 5.41) is 8.90. The van der Waals surface area contributed by atoms with E-state index in [4.69, 9.17) is 0 Å². The number of pyridine rings is 1. The summed E-state index contributed by atoms with van der Waals surface area (Å²) in [6, 6.07) is 4.05. The van der Waals surface area contributed by atoms with Crippen molar-refractivity contribution in [3.05, 3.63) is 26.4 Å². The van der Waals surface area contributed by atoms with Gasteiger partial charge in [0.1, 0.15) is 5.69 Å². The third-order valence-corrected chi connectivity index (χ3v) is 3.58. The summed E-state index contributed by atoms with van der Waals surface area (Å²) in [4.78, 5) is 4.46. The van der Waals surface area contributed by atoms with Crippen molar-refractivity contribution in [2.45, 2.75) is 13.8 Å². The molecule has 0 saturated heterocycles. The lowest BCUT2D eigenvalue weighted by Gasteiger charge is -1.99. The van der Waals surface area contributed by atoms with Crippen LogP contribution in [0.3, 0.4) is 0 Å². The van der Waals surface area contributed by atoms with E-state index >= 15 is 0 Å². The number of halogens is 1. The molecule has 0 saturated carbocycles. The van der Waals surface area contributed by atoms with Crippen molar-refractivity contribution >= 4 is 33.9 Å². The molecule has 2 heterocycles. The molecule has 0 aliphatic carbocycles. The zero-order valence-corrected chi connectivity index (χ0v) is 10.8. The van der Waals surface area contributed by atoms with Gasteiger partial charge in [-0.25, -0.2) is 0 Å². The molecule has 0 aliphatic heterocycles. The Kier molecular flexibility index (Phi) is 2.78. The van der Waals surface area contributed by atoms with Crippen LogP contribution in [-0.4, -0.2) is 15.2 Å². The Morgan fingerprint density at radius 1 is 1.21 bits per heavy atom. The van der Waals surface area contributed by atoms with E-state index in [1.165, 1.54) is 5.56 Å². The molecule has 0 spiro atoms. The minimum Gasteiger partial charge on any atom is -0.250 e. The topological polar surface area (TPSA) is 38.7 Å².